The van der Waals surface area contributed by atoms with Crippen LogP contribution in [0.3, 0.4) is 0 Å². The molecule has 1 fully saturated rings. The molecule has 19 heavy (non-hydrogen) atoms. The molecule has 11 heteroatoms. The van der Waals surface area contributed by atoms with Gasteiger partial charge in [-0.2, -0.15) is 0 Å². The van der Waals surface area contributed by atoms with E-state index in [1.54, 1.807) is 0 Å². The maximum atomic E-state index is 10.9. The van der Waals surface area contributed by atoms with Gasteiger partial charge in [0.05, 0.1) is 6.61 Å². The molecule has 5 atom stereocenters. The molecule has 1 heterocycles. The SMILES string of the molecule is CC(=O)N[C@@H]1[C@@H](O)[C@H](O)[C@@H](COP(=O)(O)O)O[C@H]1O. The van der Waals surface area contributed by atoms with E-state index in [-0.39, 0.29) is 0 Å². The molecule has 1 rings (SSSR count). The molecule has 10 nitrogen and oxygen atoms in total. The Kier molecular flexibility index (Phi) is 5.42. The van der Waals surface area contributed by atoms with Crippen LogP contribution in [0.15, 0.2) is 0 Å². The Morgan fingerprint density at radius 1 is 1.32 bits per heavy atom. The van der Waals surface area contributed by atoms with Crippen LogP contribution in [0.2, 0.25) is 0 Å². The van der Waals surface area contributed by atoms with Crippen LogP contribution >= 0.6 is 7.82 Å². The molecule has 0 saturated carbocycles. The van der Waals surface area contributed by atoms with Crippen molar-refractivity contribution in [3.8, 4) is 0 Å². The third kappa shape index (κ3) is 4.79. The second kappa shape index (κ2) is 6.25. The molecule has 0 spiro atoms. The Morgan fingerprint density at radius 3 is 2.37 bits per heavy atom. The largest absolute Gasteiger partial charge is 0.469 e. The molecule has 6 N–H and O–H groups in total. The molecule has 0 bridgehead atoms. The number of nitrogens with one attached hydrogen (secondary N) is 1. The number of phosphoric ester groups is 1. The quantitative estimate of drug-likeness (QED) is 0.297. The monoisotopic (exact) mass is 301 g/mol. The topological polar surface area (TPSA) is 166 Å². The van der Waals surface area contributed by atoms with Crippen molar-refractivity contribution in [3.05, 3.63) is 0 Å². The van der Waals surface area contributed by atoms with E-state index in [1.807, 2.05) is 0 Å². The lowest BCUT2D eigenvalue weighted by Crippen LogP contribution is -2.64. The van der Waals surface area contributed by atoms with E-state index in [0.717, 1.165) is 6.92 Å². The fourth-order valence-corrected chi connectivity index (χ4v) is 1.99. The average Bonchev–Trinajstić information content (AvgIpc) is 2.26. The molecular formula is C8H16NO9P. The standard InChI is InChI=1S/C8H16NO9P/c1-3(10)9-5-7(12)6(11)4(18-8(5)13)2-17-19(14,15)16/h4-8,11-13H,2H2,1H3,(H,9,10)(H2,14,15,16)/t4-,5-,6-,7-,8-/m1/s1. The Hall–Kier alpha value is -0.580. The number of phosphoric acid groups is 1. The molecule has 0 aromatic heterocycles. The van der Waals surface area contributed by atoms with E-state index >= 15 is 0 Å². The van der Waals surface area contributed by atoms with Gasteiger partial charge < -0.3 is 35.2 Å². The van der Waals surface area contributed by atoms with Gasteiger partial charge in [0.15, 0.2) is 6.29 Å². The number of aliphatic hydroxyl groups is 3. The molecule has 1 amide bonds. The van der Waals surface area contributed by atoms with Gasteiger partial charge in [0.1, 0.15) is 24.4 Å². The summed E-state index contributed by atoms with van der Waals surface area (Å²) in [4.78, 5) is 27.9. The summed E-state index contributed by atoms with van der Waals surface area (Å²) in [5.41, 5.74) is 0. The van der Waals surface area contributed by atoms with Gasteiger partial charge in [-0.05, 0) is 0 Å². The van der Waals surface area contributed by atoms with Gasteiger partial charge in [0.2, 0.25) is 5.91 Å². The summed E-state index contributed by atoms with van der Waals surface area (Å²) in [7, 11) is -4.76. The van der Waals surface area contributed by atoms with Crippen LogP contribution in [-0.2, 0) is 18.6 Å². The van der Waals surface area contributed by atoms with Gasteiger partial charge >= 0.3 is 7.82 Å². The zero-order chi connectivity index (χ0) is 14.8. The number of hydrogen-bond acceptors (Lipinski definition) is 7. The summed E-state index contributed by atoms with van der Waals surface area (Å²) in [5, 5.41) is 31.1. The van der Waals surface area contributed by atoms with Gasteiger partial charge in [0, 0.05) is 6.92 Å². The highest BCUT2D eigenvalue weighted by molar-refractivity contribution is 7.46. The van der Waals surface area contributed by atoms with Gasteiger partial charge in [-0.25, -0.2) is 4.57 Å². The van der Waals surface area contributed by atoms with E-state index in [4.69, 9.17) is 14.5 Å². The van der Waals surface area contributed by atoms with E-state index < -0.39 is 51.0 Å². The number of hydrogen-bond donors (Lipinski definition) is 6. The van der Waals surface area contributed by atoms with Gasteiger partial charge in [-0.1, -0.05) is 0 Å². The Bertz CT molecular complexity index is 371. The van der Waals surface area contributed by atoms with Crippen molar-refractivity contribution in [3.63, 3.8) is 0 Å². The Morgan fingerprint density at radius 2 is 1.89 bits per heavy atom. The highest BCUT2D eigenvalue weighted by Gasteiger charge is 2.44. The van der Waals surface area contributed by atoms with Crippen molar-refractivity contribution in [2.75, 3.05) is 6.61 Å². The van der Waals surface area contributed by atoms with Crippen LogP contribution in [0.1, 0.15) is 6.92 Å². The predicted molar refractivity (Wildman–Crippen MR) is 58.5 cm³/mol. The first-order valence-electron chi connectivity index (χ1n) is 5.28. The zero-order valence-electron chi connectivity index (χ0n) is 9.91. The van der Waals surface area contributed by atoms with Crippen molar-refractivity contribution >= 4 is 13.7 Å². The molecule has 1 saturated heterocycles. The third-order valence-corrected chi connectivity index (χ3v) is 2.98. The number of amides is 1. The fraction of sp³-hybridized carbons (Fsp3) is 0.875. The second-order valence-corrected chi connectivity index (χ2v) is 5.30. The van der Waals surface area contributed by atoms with Gasteiger partial charge in [0.25, 0.3) is 0 Å². The second-order valence-electron chi connectivity index (χ2n) is 4.06. The highest BCUT2D eigenvalue weighted by Crippen LogP contribution is 2.36. The zero-order valence-corrected chi connectivity index (χ0v) is 10.8. The van der Waals surface area contributed by atoms with E-state index in [1.165, 1.54) is 0 Å². The van der Waals surface area contributed by atoms with Crippen LogP contribution in [0, 0.1) is 0 Å². The smallest absolute Gasteiger partial charge is 0.388 e. The minimum atomic E-state index is -4.76. The lowest BCUT2D eigenvalue weighted by molar-refractivity contribution is -0.252. The average molecular weight is 301 g/mol. The normalized spacial score (nSPS) is 36.0. The minimum absolute atomic E-state index is 0.552. The summed E-state index contributed by atoms with van der Waals surface area (Å²) in [6, 6.07) is -1.25. The number of carbonyl (C=O) groups is 1. The summed E-state index contributed by atoms with van der Waals surface area (Å²) in [5.74, 6) is -0.552. The summed E-state index contributed by atoms with van der Waals surface area (Å²) < 4.78 is 19.5. The molecule has 112 valence electrons. The Labute approximate surface area is 108 Å². The third-order valence-electron chi connectivity index (χ3n) is 2.50. The molecular weight excluding hydrogens is 285 g/mol. The van der Waals surface area contributed by atoms with Crippen LogP contribution in [0.4, 0.5) is 0 Å². The molecule has 0 aromatic rings. The summed E-state index contributed by atoms with van der Waals surface area (Å²) in [6.45, 7) is 0.418. The van der Waals surface area contributed by atoms with Crippen LogP contribution < -0.4 is 5.32 Å². The molecule has 0 radical (unpaired) electrons. The molecule has 1 aliphatic rings. The summed E-state index contributed by atoms with van der Waals surface area (Å²) >= 11 is 0. The maximum absolute atomic E-state index is 10.9. The van der Waals surface area contributed by atoms with Crippen molar-refractivity contribution in [1.29, 1.82) is 0 Å². The van der Waals surface area contributed by atoms with Gasteiger partial charge in [-0.3, -0.25) is 9.32 Å². The molecule has 1 aliphatic heterocycles. The fourth-order valence-electron chi connectivity index (χ4n) is 1.65. The predicted octanol–water partition coefficient (Wildman–Crippen LogP) is -2.96. The summed E-state index contributed by atoms with van der Waals surface area (Å²) in [6.07, 6.45) is -6.15. The first-order chi connectivity index (χ1) is 8.61. The molecule has 0 unspecified atom stereocenters. The molecule has 0 aliphatic carbocycles. The van der Waals surface area contributed by atoms with Gasteiger partial charge in [-0.15, -0.1) is 0 Å². The van der Waals surface area contributed by atoms with E-state index in [2.05, 4.69) is 9.84 Å². The van der Waals surface area contributed by atoms with Crippen LogP contribution in [-0.4, -0.2) is 68.3 Å². The van der Waals surface area contributed by atoms with Crippen LogP contribution in [0.5, 0.6) is 0 Å². The van der Waals surface area contributed by atoms with E-state index in [9.17, 15) is 24.7 Å². The number of aliphatic hydroxyl groups excluding tert-OH is 3. The lowest BCUT2D eigenvalue weighted by atomic mass is 9.97. The molecule has 0 aromatic carbocycles. The van der Waals surface area contributed by atoms with Crippen molar-refractivity contribution in [2.45, 2.75) is 37.6 Å². The number of rotatable bonds is 4. The number of ether oxygens (including phenoxy) is 1. The lowest BCUT2D eigenvalue weighted by Gasteiger charge is -2.40. The van der Waals surface area contributed by atoms with Crippen molar-refractivity contribution in [2.24, 2.45) is 0 Å². The highest BCUT2D eigenvalue weighted by atomic mass is 31.2. The van der Waals surface area contributed by atoms with Crippen molar-refractivity contribution in [1.82, 2.24) is 5.32 Å². The van der Waals surface area contributed by atoms with Crippen molar-refractivity contribution < 1.29 is 43.7 Å². The van der Waals surface area contributed by atoms with E-state index in [0.29, 0.717) is 0 Å². The maximum Gasteiger partial charge on any atom is 0.469 e. The Balaban J connectivity index is 2.66. The first-order valence-corrected chi connectivity index (χ1v) is 6.81. The first kappa shape index (κ1) is 16.5. The minimum Gasteiger partial charge on any atom is -0.388 e. The number of carbonyl (C=O) groups excluding carboxylic acids is 1. The van der Waals surface area contributed by atoms with Crippen LogP contribution in [0.25, 0.3) is 0 Å².